The molecule has 0 aliphatic carbocycles. The minimum absolute atomic E-state index is 0. The van der Waals surface area contributed by atoms with Crippen molar-refractivity contribution >= 4 is 17.8 Å². The van der Waals surface area contributed by atoms with E-state index >= 15 is 0 Å². The summed E-state index contributed by atoms with van der Waals surface area (Å²) in [6.45, 7) is 2.82. The average molecular weight is 465 g/mol. The fraction of sp³-hybridized carbons (Fsp3) is 0.850. The SMILES string of the molecule is CCCCCCCCCCCC1=[N+](CC(=O)[O-])CC[N+]1(CCO)CC(=O)[O-].[Na+].[Na+].[OH-].[OH-]. The molecule has 0 spiro atoms. The van der Waals surface area contributed by atoms with Crippen molar-refractivity contribution in [3.63, 3.8) is 0 Å². The summed E-state index contributed by atoms with van der Waals surface area (Å²) >= 11 is 0. The number of aliphatic hydroxyl groups excluding tert-OH is 1. The molecule has 9 nitrogen and oxygen atoms in total. The van der Waals surface area contributed by atoms with Crippen LogP contribution < -0.4 is 69.3 Å². The van der Waals surface area contributed by atoms with E-state index in [4.69, 9.17) is 0 Å². The average Bonchev–Trinajstić information content (AvgIpc) is 2.90. The molecular weight excluding hydrogens is 426 g/mol. The Bertz CT molecular complexity index is 522. The smallest absolute Gasteiger partial charge is 0.870 e. The van der Waals surface area contributed by atoms with Crippen molar-refractivity contribution in [3.05, 3.63) is 0 Å². The second kappa shape index (κ2) is 22.3. The first-order valence-electron chi connectivity index (χ1n) is 10.4. The van der Waals surface area contributed by atoms with Gasteiger partial charge in [0.1, 0.15) is 25.6 Å². The van der Waals surface area contributed by atoms with E-state index in [-0.39, 0.29) is 101 Å². The van der Waals surface area contributed by atoms with Gasteiger partial charge in [0.25, 0.3) is 0 Å². The second-order valence-electron chi connectivity index (χ2n) is 7.63. The molecule has 0 aromatic heterocycles. The molecule has 3 N–H and O–H groups in total. The van der Waals surface area contributed by atoms with Gasteiger partial charge >= 0.3 is 65.0 Å². The van der Waals surface area contributed by atoms with Gasteiger partial charge in [-0.3, -0.25) is 0 Å². The number of hydrogen-bond acceptors (Lipinski definition) is 7. The summed E-state index contributed by atoms with van der Waals surface area (Å²) < 4.78 is 1.82. The van der Waals surface area contributed by atoms with Crippen molar-refractivity contribution in [2.45, 2.75) is 71.1 Å². The Hall–Kier alpha value is 0.450. The van der Waals surface area contributed by atoms with Gasteiger partial charge < -0.3 is 35.9 Å². The summed E-state index contributed by atoms with van der Waals surface area (Å²) in [5.41, 5.74) is 0. The summed E-state index contributed by atoms with van der Waals surface area (Å²) in [6.07, 6.45) is 11.3. The predicted octanol–water partition coefficient (Wildman–Crippen LogP) is -6.70. The molecule has 172 valence electrons. The normalized spacial score (nSPS) is 17.1. The van der Waals surface area contributed by atoms with Gasteiger partial charge in [0.05, 0.1) is 19.0 Å². The van der Waals surface area contributed by atoms with Gasteiger partial charge in [-0.1, -0.05) is 58.3 Å². The first-order valence-corrected chi connectivity index (χ1v) is 10.4. The summed E-state index contributed by atoms with van der Waals surface area (Å²) in [5, 5.41) is 31.8. The zero-order valence-electron chi connectivity index (χ0n) is 19.7. The van der Waals surface area contributed by atoms with Crippen LogP contribution in [0.25, 0.3) is 0 Å². The molecule has 0 aromatic carbocycles. The largest absolute Gasteiger partial charge is 1.00 e. The Morgan fingerprint density at radius 2 is 1.45 bits per heavy atom. The van der Waals surface area contributed by atoms with E-state index in [1.807, 2.05) is 0 Å². The van der Waals surface area contributed by atoms with E-state index in [0.717, 1.165) is 25.1 Å². The van der Waals surface area contributed by atoms with Crippen LogP contribution in [0.5, 0.6) is 0 Å². The third kappa shape index (κ3) is 15.1. The van der Waals surface area contributed by atoms with Crippen LogP contribution in [0, 0.1) is 0 Å². The molecule has 1 rings (SSSR count). The van der Waals surface area contributed by atoms with Crippen molar-refractivity contribution in [3.8, 4) is 0 Å². The third-order valence-corrected chi connectivity index (χ3v) is 5.49. The van der Waals surface area contributed by atoms with E-state index in [1.165, 1.54) is 38.5 Å². The molecule has 31 heavy (non-hydrogen) atoms. The Morgan fingerprint density at radius 3 is 1.90 bits per heavy atom. The molecule has 0 aromatic rings. The van der Waals surface area contributed by atoms with E-state index in [9.17, 15) is 24.9 Å². The number of carbonyl (C=O) groups excluding carboxylic acids is 2. The third-order valence-electron chi connectivity index (χ3n) is 5.49. The maximum atomic E-state index is 11.3. The van der Waals surface area contributed by atoms with Crippen molar-refractivity contribution in [2.75, 3.05) is 39.3 Å². The number of rotatable bonds is 16. The number of aliphatic carboxylic acids is 2. The molecule has 0 fully saturated rings. The number of carboxylic acids is 2. The fourth-order valence-electron chi connectivity index (χ4n) is 4.11. The maximum Gasteiger partial charge on any atom is 1.00 e. The van der Waals surface area contributed by atoms with Gasteiger partial charge in [-0.15, -0.1) is 0 Å². The van der Waals surface area contributed by atoms with Crippen LogP contribution in [0.2, 0.25) is 0 Å². The Labute approximate surface area is 230 Å². The number of carboxylic acid groups (broad SMARTS) is 2. The van der Waals surface area contributed by atoms with Gasteiger partial charge in [0.15, 0.2) is 13.1 Å². The van der Waals surface area contributed by atoms with Crippen molar-refractivity contribution in [1.29, 1.82) is 0 Å². The topological polar surface area (TPSA) is 164 Å². The number of amidine groups is 1. The van der Waals surface area contributed by atoms with E-state index in [1.54, 1.807) is 4.58 Å². The first kappa shape index (κ1) is 38.7. The van der Waals surface area contributed by atoms with Crippen LogP contribution in [0.4, 0.5) is 0 Å². The summed E-state index contributed by atoms with van der Waals surface area (Å²) in [5.74, 6) is -1.55. The number of aliphatic hydroxyl groups is 1. The molecule has 0 radical (unpaired) electrons. The van der Waals surface area contributed by atoms with Crippen LogP contribution >= 0.6 is 0 Å². The number of hydrogen-bond donors (Lipinski definition) is 1. The van der Waals surface area contributed by atoms with E-state index in [0.29, 0.717) is 19.5 Å². The van der Waals surface area contributed by atoms with Crippen LogP contribution in [0.1, 0.15) is 71.1 Å². The Morgan fingerprint density at radius 1 is 0.935 bits per heavy atom. The molecule has 0 saturated heterocycles. The molecule has 1 aliphatic heterocycles. The molecule has 0 bridgehead atoms. The Kier molecular flexibility index (Phi) is 27.8. The fourth-order valence-corrected chi connectivity index (χ4v) is 4.11. The van der Waals surface area contributed by atoms with Crippen LogP contribution in [-0.4, -0.2) is 82.2 Å². The number of quaternary nitrogens is 1. The number of unbranched alkanes of at least 4 members (excludes halogenated alkanes) is 8. The quantitative estimate of drug-likeness (QED) is 0.103. The maximum absolute atomic E-state index is 11.3. The van der Waals surface area contributed by atoms with Crippen LogP contribution in [0.15, 0.2) is 0 Å². The molecule has 1 aliphatic rings. The zero-order valence-corrected chi connectivity index (χ0v) is 23.7. The molecule has 1 unspecified atom stereocenters. The minimum Gasteiger partial charge on any atom is -0.870 e. The standard InChI is InChI=1S/C20H36N2O5.2Na.2H2O/c1-2-3-4-5-6-7-8-9-10-11-18-21(16-19(24)25)12-13-22(18,14-15-23)17-20(26)27;;;;/h23H,2-17H2,1H3;;;2*1H2/q;2*+1;;/p-2. The van der Waals surface area contributed by atoms with Gasteiger partial charge in [-0.2, -0.15) is 4.58 Å². The molecule has 1 atom stereocenters. The van der Waals surface area contributed by atoms with Crippen LogP contribution in [0.3, 0.4) is 0 Å². The second-order valence-corrected chi connectivity index (χ2v) is 7.63. The van der Waals surface area contributed by atoms with Gasteiger partial charge in [-0.25, -0.2) is 4.48 Å². The minimum atomic E-state index is -1.18. The predicted molar refractivity (Wildman–Crippen MR) is 103 cm³/mol. The van der Waals surface area contributed by atoms with Crippen molar-refractivity contribution < 1.29 is 104 Å². The van der Waals surface area contributed by atoms with E-state index < -0.39 is 11.9 Å². The van der Waals surface area contributed by atoms with E-state index in [2.05, 4.69) is 6.92 Å². The number of carbonyl (C=O) groups is 2. The van der Waals surface area contributed by atoms with Crippen molar-refractivity contribution in [2.24, 2.45) is 0 Å². The zero-order chi connectivity index (χ0) is 20.1. The monoisotopic (exact) mass is 464 g/mol. The van der Waals surface area contributed by atoms with Crippen LogP contribution in [-0.2, 0) is 9.59 Å². The van der Waals surface area contributed by atoms with Crippen molar-refractivity contribution in [1.82, 2.24) is 0 Å². The van der Waals surface area contributed by atoms with Gasteiger partial charge in [0.2, 0.25) is 0 Å². The molecule has 11 heteroatoms. The summed E-state index contributed by atoms with van der Waals surface area (Å²) in [4.78, 5) is 22.3. The number of nitrogens with zero attached hydrogens (tertiary/aromatic N) is 2. The van der Waals surface area contributed by atoms with Gasteiger partial charge in [-0.05, 0) is 6.42 Å². The molecule has 0 saturated carbocycles. The van der Waals surface area contributed by atoms with Gasteiger partial charge in [0, 0.05) is 0 Å². The Balaban J connectivity index is -0.000000911. The summed E-state index contributed by atoms with van der Waals surface area (Å²) in [7, 11) is 0. The molecular formula is C20H38N2Na2O7. The molecule has 1 heterocycles. The first-order chi connectivity index (χ1) is 12.9. The summed E-state index contributed by atoms with van der Waals surface area (Å²) in [6, 6.07) is 0. The molecule has 0 amide bonds.